The van der Waals surface area contributed by atoms with E-state index in [1.54, 1.807) is 0 Å². The second-order valence-corrected chi connectivity index (χ2v) is 7.90. The van der Waals surface area contributed by atoms with Gasteiger partial charge in [-0.3, -0.25) is 4.79 Å². The van der Waals surface area contributed by atoms with Crippen molar-refractivity contribution in [1.29, 1.82) is 0 Å². The molecule has 8 heteroatoms. The summed E-state index contributed by atoms with van der Waals surface area (Å²) in [5.41, 5.74) is 2.88. The molecule has 0 fully saturated rings. The van der Waals surface area contributed by atoms with E-state index in [1.165, 1.54) is 21.0 Å². The Hall–Kier alpha value is -3.39. The van der Waals surface area contributed by atoms with Crippen LogP contribution < -0.4 is 10.6 Å². The summed E-state index contributed by atoms with van der Waals surface area (Å²) in [4.78, 5) is 36.1. The molecule has 0 aliphatic heterocycles. The second kappa shape index (κ2) is 9.18. The van der Waals surface area contributed by atoms with E-state index >= 15 is 0 Å². The fourth-order valence-corrected chi connectivity index (χ4v) is 3.58. The molecular formula is C23H26N2O6. The zero-order chi connectivity index (χ0) is 22.6. The van der Waals surface area contributed by atoms with Gasteiger partial charge in [0, 0.05) is 13.0 Å². The van der Waals surface area contributed by atoms with Crippen LogP contribution in [-0.4, -0.2) is 55.0 Å². The van der Waals surface area contributed by atoms with Crippen LogP contribution in [0.3, 0.4) is 0 Å². The topological polar surface area (TPSA) is 114 Å². The third kappa shape index (κ3) is 4.86. The van der Waals surface area contributed by atoms with E-state index in [2.05, 4.69) is 10.6 Å². The van der Waals surface area contributed by atoms with Crippen LogP contribution in [-0.2, 0) is 19.1 Å². The third-order valence-corrected chi connectivity index (χ3v) is 5.26. The van der Waals surface area contributed by atoms with Crippen molar-refractivity contribution in [3.63, 3.8) is 0 Å². The minimum atomic E-state index is -1.49. The zero-order valence-electron chi connectivity index (χ0n) is 17.7. The first kappa shape index (κ1) is 22.3. The van der Waals surface area contributed by atoms with E-state index in [9.17, 15) is 19.5 Å². The Labute approximate surface area is 180 Å². The lowest BCUT2D eigenvalue weighted by atomic mass is 9.98. The first-order chi connectivity index (χ1) is 14.7. The molecule has 0 bridgehead atoms. The van der Waals surface area contributed by atoms with E-state index in [-0.39, 0.29) is 19.1 Å². The molecule has 164 valence electrons. The zero-order valence-corrected chi connectivity index (χ0v) is 17.7. The lowest BCUT2D eigenvalue weighted by Crippen LogP contribution is -2.57. The summed E-state index contributed by atoms with van der Waals surface area (Å²) >= 11 is 0. The maximum Gasteiger partial charge on any atom is 0.407 e. The van der Waals surface area contributed by atoms with Crippen LogP contribution in [0.1, 0.15) is 30.9 Å². The predicted molar refractivity (Wildman–Crippen MR) is 114 cm³/mol. The highest BCUT2D eigenvalue weighted by Gasteiger charge is 2.33. The molecule has 2 amide bonds. The molecule has 8 nitrogen and oxygen atoms in total. The Bertz CT molecular complexity index is 942. The molecule has 3 rings (SSSR count). The molecule has 0 heterocycles. The number of carbonyl (C=O) groups excluding carboxylic acids is 2. The lowest BCUT2D eigenvalue weighted by molar-refractivity contribution is -0.146. The van der Waals surface area contributed by atoms with Crippen molar-refractivity contribution < 1.29 is 29.0 Å². The van der Waals surface area contributed by atoms with Crippen LogP contribution in [0.15, 0.2) is 48.5 Å². The predicted octanol–water partition coefficient (Wildman–Crippen LogP) is 2.52. The average Bonchev–Trinajstić information content (AvgIpc) is 3.05. The van der Waals surface area contributed by atoms with Gasteiger partial charge in [-0.25, -0.2) is 9.59 Å². The van der Waals surface area contributed by atoms with Crippen LogP contribution in [0.5, 0.6) is 0 Å². The summed E-state index contributed by atoms with van der Waals surface area (Å²) in [5, 5.41) is 14.0. The number of aliphatic carboxylic acids is 1. The molecule has 0 aromatic heterocycles. The number of amides is 2. The van der Waals surface area contributed by atoms with Gasteiger partial charge in [-0.05, 0) is 36.1 Å². The fourth-order valence-electron chi connectivity index (χ4n) is 3.58. The van der Waals surface area contributed by atoms with Gasteiger partial charge in [-0.1, -0.05) is 48.5 Å². The molecule has 2 aromatic carbocycles. The van der Waals surface area contributed by atoms with Crippen LogP contribution in [0.4, 0.5) is 4.79 Å². The minimum Gasteiger partial charge on any atom is -0.480 e. The molecule has 2 aromatic rings. The van der Waals surface area contributed by atoms with Crippen LogP contribution >= 0.6 is 0 Å². The molecule has 0 radical (unpaired) electrons. The number of hydrogen-bond donors (Lipinski definition) is 3. The number of methoxy groups -OCH3 is 1. The minimum absolute atomic E-state index is 0.0990. The van der Waals surface area contributed by atoms with Crippen molar-refractivity contribution in [2.24, 2.45) is 0 Å². The monoisotopic (exact) mass is 426 g/mol. The Balaban J connectivity index is 1.66. The highest BCUT2D eigenvalue weighted by Crippen LogP contribution is 2.44. The molecule has 1 unspecified atom stereocenters. The number of fused-ring (bicyclic) bond motifs is 3. The first-order valence-electron chi connectivity index (χ1n) is 9.90. The third-order valence-electron chi connectivity index (χ3n) is 5.26. The van der Waals surface area contributed by atoms with Crippen molar-refractivity contribution in [1.82, 2.24) is 10.6 Å². The number of benzene rings is 2. The van der Waals surface area contributed by atoms with Crippen LogP contribution in [0.2, 0.25) is 0 Å². The first-order valence-corrected chi connectivity index (χ1v) is 9.90. The van der Waals surface area contributed by atoms with E-state index in [1.807, 2.05) is 48.5 Å². The van der Waals surface area contributed by atoms with Gasteiger partial charge in [0.05, 0.1) is 6.61 Å². The van der Waals surface area contributed by atoms with Gasteiger partial charge >= 0.3 is 12.1 Å². The van der Waals surface area contributed by atoms with Crippen molar-refractivity contribution in [3.8, 4) is 11.1 Å². The Morgan fingerprint density at radius 2 is 1.58 bits per heavy atom. The molecular weight excluding hydrogens is 400 g/mol. The Kier molecular flexibility index (Phi) is 6.60. The summed E-state index contributed by atoms with van der Waals surface area (Å²) in [6.45, 7) is 2.67. The van der Waals surface area contributed by atoms with Crippen LogP contribution in [0, 0.1) is 0 Å². The van der Waals surface area contributed by atoms with Crippen molar-refractivity contribution in [2.45, 2.75) is 31.3 Å². The summed E-state index contributed by atoms with van der Waals surface area (Å²) in [6, 6.07) is 14.8. The fraction of sp³-hybridized carbons (Fsp3) is 0.348. The molecule has 0 saturated carbocycles. The lowest BCUT2D eigenvalue weighted by Gasteiger charge is -2.25. The summed E-state index contributed by atoms with van der Waals surface area (Å²) < 4.78 is 10.4. The molecule has 0 spiro atoms. The number of nitrogens with one attached hydrogen (secondary N) is 2. The van der Waals surface area contributed by atoms with Gasteiger partial charge < -0.3 is 25.2 Å². The molecule has 1 aliphatic carbocycles. The largest absolute Gasteiger partial charge is 0.480 e. The molecule has 1 atom stereocenters. The summed E-state index contributed by atoms with van der Waals surface area (Å²) in [5.74, 6) is -1.99. The maximum absolute atomic E-state index is 12.5. The van der Waals surface area contributed by atoms with Gasteiger partial charge in [0.1, 0.15) is 18.2 Å². The van der Waals surface area contributed by atoms with E-state index in [0.29, 0.717) is 0 Å². The van der Waals surface area contributed by atoms with Gasteiger partial charge in [-0.15, -0.1) is 0 Å². The standard InChI is InChI=1S/C23H26N2O6/c1-23(2,21(27)28)25-20(26)19(13-30-3)24-22(29)31-12-18-16-10-6-4-8-14(16)15-9-5-7-11-17(15)18/h4-11,18-19H,12-13H2,1-3H3,(H,24,29)(H,25,26)(H,27,28). The van der Waals surface area contributed by atoms with Gasteiger partial charge in [0.15, 0.2) is 0 Å². The molecule has 3 N–H and O–H groups in total. The normalized spacial score (nSPS) is 13.6. The van der Waals surface area contributed by atoms with Crippen molar-refractivity contribution >= 4 is 18.0 Å². The summed E-state index contributed by atoms with van der Waals surface area (Å²) in [6.07, 6.45) is -0.785. The van der Waals surface area contributed by atoms with E-state index in [4.69, 9.17) is 9.47 Å². The molecule has 0 saturated heterocycles. The number of ether oxygens (including phenoxy) is 2. The van der Waals surface area contributed by atoms with Gasteiger partial charge in [-0.2, -0.15) is 0 Å². The highest BCUT2D eigenvalue weighted by molar-refractivity contribution is 5.91. The smallest absolute Gasteiger partial charge is 0.407 e. The Morgan fingerprint density at radius 3 is 2.10 bits per heavy atom. The molecule has 31 heavy (non-hydrogen) atoms. The summed E-state index contributed by atoms with van der Waals surface area (Å²) in [7, 11) is 1.38. The van der Waals surface area contributed by atoms with Crippen molar-refractivity contribution in [2.75, 3.05) is 20.3 Å². The number of rotatable bonds is 8. The number of carbonyl (C=O) groups is 3. The molecule has 1 aliphatic rings. The van der Waals surface area contributed by atoms with Crippen molar-refractivity contribution in [3.05, 3.63) is 59.7 Å². The van der Waals surface area contributed by atoms with E-state index < -0.39 is 29.6 Å². The number of hydrogen-bond acceptors (Lipinski definition) is 5. The quantitative estimate of drug-likeness (QED) is 0.598. The van der Waals surface area contributed by atoms with Crippen LogP contribution in [0.25, 0.3) is 11.1 Å². The number of carboxylic acids is 1. The van der Waals surface area contributed by atoms with E-state index in [0.717, 1.165) is 22.3 Å². The van der Waals surface area contributed by atoms with Gasteiger partial charge in [0.2, 0.25) is 5.91 Å². The Morgan fingerprint density at radius 1 is 1.03 bits per heavy atom. The number of carboxylic acid groups (broad SMARTS) is 1. The van der Waals surface area contributed by atoms with Gasteiger partial charge in [0.25, 0.3) is 0 Å². The SMILES string of the molecule is COCC(NC(=O)OCC1c2ccccc2-c2ccccc21)C(=O)NC(C)(C)C(=O)O. The highest BCUT2D eigenvalue weighted by atomic mass is 16.5. The second-order valence-electron chi connectivity index (χ2n) is 7.90. The average molecular weight is 426 g/mol. The number of alkyl carbamates (subject to hydrolysis) is 1. The maximum atomic E-state index is 12.5.